The van der Waals surface area contributed by atoms with Crippen LogP contribution in [0.1, 0.15) is 24.8 Å². The summed E-state index contributed by atoms with van der Waals surface area (Å²) in [6, 6.07) is 5.66. The molecule has 0 aliphatic carbocycles. The lowest BCUT2D eigenvalue weighted by atomic mass is 10.1. The second-order valence-electron chi connectivity index (χ2n) is 6.84. The molecule has 9 heteroatoms. The first-order chi connectivity index (χ1) is 14.1. The summed E-state index contributed by atoms with van der Waals surface area (Å²) in [6.07, 6.45) is 1.63. The molecule has 1 aliphatic heterocycles. The lowest BCUT2D eigenvalue weighted by Crippen LogP contribution is -2.49. The van der Waals surface area contributed by atoms with E-state index in [-0.39, 0.29) is 5.91 Å². The molecule has 0 N–H and O–H groups in total. The van der Waals surface area contributed by atoms with E-state index in [1.807, 2.05) is 23.1 Å². The Hall–Kier alpha value is -2.26. The van der Waals surface area contributed by atoms with Crippen LogP contribution in [0.15, 0.2) is 27.8 Å². The smallest absolute Gasteiger partial charge is 0.277 e. The minimum Gasteiger partial charge on any atom is -0.493 e. The quantitative estimate of drug-likeness (QED) is 0.572. The summed E-state index contributed by atoms with van der Waals surface area (Å²) in [5, 5.41) is 8.56. The van der Waals surface area contributed by atoms with E-state index in [4.69, 9.17) is 13.9 Å². The Kier molecular flexibility index (Phi) is 7.76. The third kappa shape index (κ3) is 5.86. The van der Waals surface area contributed by atoms with Crippen molar-refractivity contribution in [1.29, 1.82) is 0 Å². The lowest BCUT2D eigenvalue weighted by Gasteiger charge is -2.34. The van der Waals surface area contributed by atoms with Gasteiger partial charge < -0.3 is 18.8 Å². The van der Waals surface area contributed by atoms with Gasteiger partial charge in [-0.3, -0.25) is 9.69 Å². The first-order valence-electron chi connectivity index (χ1n) is 9.79. The summed E-state index contributed by atoms with van der Waals surface area (Å²) in [4.78, 5) is 16.8. The fourth-order valence-electron chi connectivity index (χ4n) is 3.29. The zero-order valence-corrected chi connectivity index (χ0v) is 18.0. The molecular formula is C20H28N4O4S. The summed E-state index contributed by atoms with van der Waals surface area (Å²) in [7, 11) is 3.20. The maximum Gasteiger partial charge on any atom is 0.277 e. The van der Waals surface area contributed by atoms with E-state index in [0.717, 1.165) is 44.7 Å². The Balaban J connectivity index is 1.49. The number of carbonyl (C=O) groups excluding carboxylic acids is 1. The number of ether oxygens (including phenoxy) is 2. The van der Waals surface area contributed by atoms with Crippen LogP contribution in [-0.4, -0.2) is 78.6 Å². The summed E-state index contributed by atoms with van der Waals surface area (Å²) in [6.45, 7) is 6.74. The van der Waals surface area contributed by atoms with Gasteiger partial charge in [-0.2, -0.15) is 0 Å². The van der Waals surface area contributed by atoms with Crippen LogP contribution in [0.3, 0.4) is 0 Å². The van der Waals surface area contributed by atoms with Crippen molar-refractivity contribution in [2.75, 3.05) is 52.7 Å². The van der Waals surface area contributed by atoms with E-state index in [1.54, 1.807) is 14.2 Å². The highest BCUT2D eigenvalue weighted by Crippen LogP contribution is 2.28. The van der Waals surface area contributed by atoms with Crippen molar-refractivity contribution < 1.29 is 18.7 Å². The first-order valence-corrected chi connectivity index (χ1v) is 10.8. The van der Waals surface area contributed by atoms with E-state index in [0.29, 0.717) is 34.8 Å². The SMILES string of the molecule is CCCN1CCN(C(=O)CSc2nnc(Cc3ccc(OC)c(OC)c3)o2)CC1. The molecule has 0 atom stereocenters. The predicted molar refractivity (Wildman–Crippen MR) is 111 cm³/mol. The second-order valence-corrected chi connectivity index (χ2v) is 7.77. The van der Waals surface area contributed by atoms with Gasteiger partial charge in [0, 0.05) is 26.2 Å². The van der Waals surface area contributed by atoms with Crippen LogP contribution in [0.4, 0.5) is 0 Å². The van der Waals surface area contributed by atoms with Crippen LogP contribution in [0.5, 0.6) is 11.5 Å². The number of hydrogen-bond acceptors (Lipinski definition) is 8. The van der Waals surface area contributed by atoms with Gasteiger partial charge >= 0.3 is 0 Å². The summed E-state index contributed by atoms with van der Waals surface area (Å²) >= 11 is 1.29. The van der Waals surface area contributed by atoms with Gasteiger partial charge in [0.15, 0.2) is 11.5 Å². The molecule has 1 saturated heterocycles. The standard InChI is InChI=1S/C20H28N4O4S/c1-4-7-23-8-10-24(11-9-23)19(25)14-29-20-22-21-18(28-20)13-15-5-6-16(26-2)17(12-15)27-3/h5-6,12H,4,7-11,13-14H2,1-3H3. The van der Waals surface area contributed by atoms with E-state index in [1.165, 1.54) is 11.8 Å². The van der Waals surface area contributed by atoms with Crippen molar-refractivity contribution in [1.82, 2.24) is 20.0 Å². The average molecular weight is 421 g/mol. The van der Waals surface area contributed by atoms with Crippen molar-refractivity contribution in [3.63, 3.8) is 0 Å². The molecule has 1 aliphatic rings. The van der Waals surface area contributed by atoms with Crippen molar-refractivity contribution >= 4 is 17.7 Å². The monoisotopic (exact) mass is 420 g/mol. The van der Waals surface area contributed by atoms with Crippen molar-refractivity contribution in [2.24, 2.45) is 0 Å². The molecule has 0 radical (unpaired) electrons. The van der Waals surface area contributed by atoms with E-state index < -0.39 is 0 Å². The topological polar surface area (TPSA) is 80.9 Å². The number of nitrogens with zero attached hydrogens (tertiary/aromatic N) is 4. The molecule has 158 valence electrons. The number of aromatic nitrogens is 2. The minimum atomic E-state index is 0.116. The minimum absolute atomic E-state index is 0.116. The van der Waals surface area contributed by atoms with Gasteiger partial charge in [0.1, 0.15) is 0 Å². The molecule has 1 aromatic heterocycles. The zero-order chi connectivity index (χ0) is 20.6. The molecule has 0 saturated carbocycles. The van der Waals surface area contributed by atoms with Crippen LogP contribution in [-0.2, 0) is 11.2 Å². The maximum absolute atomic E-state index is 12.4. The summed E-state index contributed by atoms with van der Waals surface area (Å²) < 4.78 is 16.3. The highest BCUT2D eigenvalue weighted by atomic mass is 32.2. The highest BCUT2D eigenvalue weighted by molar-refractivity contribution is 7.99. The van der Waals surface area contributed by atoms with Crippen LogP contribution in [0.2, 0.25) is 0 Å². The molecule has 0 spiro atoms. The molecule has 0 unspecified atom stereocenters. The Bertz CT molecular complexity index is 806. The number of carbonyl (C=O) groups is 1. The molecule has 1 aromatic carbocycles. The Morgan fingerprint density at radius 1 is 1.14 bits per heavy atom. The number of methoxy groups -OCH3 is 2. The average Bonchev–Trinajstić information content (AvgIpc) is 3.20. The highest BCUT2D eigenvalue weighted by Gasteiger charge is 2.21. The number of hydrogen-bond donors (Lipinski definition) is 0. The van der Waals surface area contributed by atoms with E-state index >= 15 is 0 Å². The lowest BCUT2D eigenvalue weighted by molar-refractivity contribution is -0.130. The molecule has 1 amide bonds. The number of thioether (sulfide) groups is 1. The third-order valence-electron chi connectivity index (χ3n) is 4.84. The Morgan fingerprint density at radius 2 is 1.90 bits per heavy atom. The number of rotatable bonds is 9. The van der Waals surface area contributed by atoms with Gasteiger partial charge in [-0.25, -0.2) is 0 Å². The number of amides is 1. The van der Waals surface area contributed by atoms with E-state index in [2.05, 4.69) is 22.0 Å². The molecular weight excluding hydrogens is 392 g/mol. The molecule has 2 aromatic rings. The summed E-state index contributed by atoms with van der Waals surface area (Å²) in [5.41, 5.74) is 0.976. The van der Waals surface area contributed by atoms with Crippen LogP contribution in [0.25, 0.3) is 0 Å². The zero-order valence-electron chi connectivity index (χ0n) is 17.2. The van der Waals surface area contributed by atoms with Crippen LogP contribution < -0.4 is 9.47 Å². The van der Waals surface area contributed by atoms with E-state index in [9.17, 15) is 4.79 Å². The van der Waals surface area contributed by atoms with Gasteiger partial charge in [0.2, 0.25) is 11.8 Å². The number of benzene rings is 1. The van der Waals surface area contributed by atoms with Gasteiger partial charge in [-0.1, -0.05) is 24.8 Å². The fraction of sp³-hybridized carbons (Fsp3) is 0.550. The van der Waals surface area contributed by atoms with Crippen molar-refractivity contribution in [3.8, 4) is 11.5 Å². The van der Waals surface area contributed by atoms with Gasteiger partial charge in [0.05, 0.1) is 26.4 Å². The molecule has 3 rings (SSSR count). The van der Waals surface area contributed by atoms with Crippen molar-refractivity contribution in [3.05, 3.63) is 29.7 Å². The largest absolute Gasteiger partial charge is 0.493 e. The van der Waals surface area contributed by atoms with Crippen molar-refractivity contribution in [2.45, 2.75) is 25.0 Å². The molecule has 0 bridgehead atoms. The van der Waals surface area contributed by atoms with Crippen LogP contribution >= 0.6 is 11.8 Å². The van der Waals surface area contributed by atoms with Crippen LogP contribution in [0, 0.1) is 0 Å². The maximum atomic E-state index is 12.4. The molecule has 1 fully saturated rings. The first kappa shape index (κ1) is 21.4. The predicted octanol–water partition coefficient (Wildman–Crippen LogP) is 2.32. The second kappa shape index (κ2) is 10.5. The molecule has 2 heterocycles. The van der Waals surface area contributed by atoms with Gasteiger partial charge in [0.25, 0.3) is 5.22 Å². The fourth-order valence-corrected chi connectivity index (χ4v) is 3.97. The molecule has 8 nitrogen and oxygen atoms in total. The Labute approximate surface area is 175 Å². The van der Waals surface area contributed by atoms with Gasteiger partial charge in [-0.05, 0) is 30.7 Å². The van der Waals surface area contributed by atoms with Gasteiger partial charge in [-0.15, -0.1) is 10.2 Å². The Morgan fingerprint density at radius 3 is 2.59 bits per heavy atom. The third-order valence-corrected chi connectivity index (χ3v) is 5.64. The summed E-state index contributed by atoms with van der Waals surface area (Å²) in [5.74, 6) is 2.26. The normalized spacial score (nSPS) is 14.8. The molecule has 29 heavy (non-hydrogen) atoms. The number of piperazine rings is 1.